The lowest BCUT2D eigenvalue weighted by atomic mass is 10.1. The molecule has 0 atom stereocenters. The van der Waals surface area contributed by atoms with Crippen LogP contribution in [-0.2, 0) is 4.84 Å². The fourth-order valence-corrected chi connectivity index (χ4v) is 0.640. The zero-order valence-corrected chi connectivity index (χ0v) is 7.55. The molecular weight excluding hydrogens is 138 g/mol. The lowest BCUT2D eigenvalue weighted by molar-refractivity contribution is 0.191. The number of hydrogen-bond acceptors (Lipinski definition) is 2. The molecule has 11 heavy (non-hydrogen) atoms. The van der Waals surface area contributed by atoms with Gasteiger partial charge in [-0.25, -0.2) is 0 Å². The largest absolute Gasteiger partial charge is 0.416 e. The lowest BCUT2D eigenvalue weighted by Crippen LogP contribution is -2.05. The first-order valence-electron chi connectivity index (χ1n) is 3.87. The van der Waals surface area contributed by atoms with E-state index in [4.69, 9.17) is 5.90 Å². The minimum Gasteiger partial charge on any atom is -0.416 e. The molecule has 0 amide bonds. The lowest BCUT2D eigenvalue weighted by Gasteiger charge is -2.08. The second-order valence-electron chi connectivity index (χ2n) is 2.83. The van der Waals surface area contributed by atoms with Crippen LogP contribution in [0.3, 0.4) is 0 Å². The molecule has 0 heterocycles. The van der Waals surface area contributed by atoms with Crippen LogP contribution in [0.5, 0.6) is 0 Å². The van der Waals surface area contributed by atoms with Gasteiger partial charge in [-0.05, 0) is 12.5 Å². The van der Waals surface area contributed by atoms with Gasteiger partial charge in [0, 0.05) is 5.92 Å². The van der Waals surface area contributed by atoms with Crippen molar-refractivity contribution in [2.75, 3.05) is 0 Å². The van der Waals surface area contributed by atoms with Crippen LogP contribution < -0.4 is 5.90 Å². The molecule has 0 unspecified atom stereocenters. The van der Waals surface area contributed by atoms with Crippen LogP contribution in [0, 0.1) is 5.92 Å². The molecule has 0 aliphatic rings. The zero-order valence-electron chi connectivity index (χ0n) is 7.55. The van der Waals surface area contributed by atoms with Crippen LogP contribution in [-0.4, -0.2) is 0 Å². The predicted octanol–water partition coefficient (Wildman–Crippen LogP) is 2.38. The third-order valence-electron chi connectivity index (χ3n) is 1.51. The third-order valence-corrected chi connectivity index (χ3v) is 1.51. The highest BCUT2D eigenvalue weighted by Crippen LogP contribution is 2.12. The maximum atomic E-state index is 5.07. The van der Waals surface area contributed by atoms with Crippen molar-refractivity contribution in [3.8, 4) is 0 Å². The molecule has 0 aliphatic heterocycles. The monoisotopic (exact) mass is 155 g/mol. The molecule has 0 aromatic rings. The molecule has 2 N–H and O–H groups in total. The fraction of sp³-hybridized carbons (Fsp3) is 0.556. The van der Waals surface area contributed by atoms with E-state index in [1.807, 2.05) is 26.8 Å². The summed E-state index contributed by atoms with van der Waals surface area (Å²) >= 11 is 0. The maximum absolute atomic E-state index is 5.07. The molecule has 0 saturated heterocycles. The second-order valence-corrected chi connectivity index (χ2v) is 2.83. The number of allylic oxidation sites excluding steroid dienone is 3. The molecular formula is C9H17NO. The molecule has 64 valence electrons. The van der Waals surface area contributed by atoms with Crippen molar-refractivity contribution in [1.82, 2.24) is 0 Å². The van der Waals surface area contributed by atoms with Crippen LogP contribution in [0.15, 0.2) is 24.0 Å². The van der Waals surface area contributed by atoms with Gasteiger partial charge in [0.1, 0.15) is 5.76 Å². The van der Waals surface area contributed by atoms with Gasteiger partial charge < -0.3 is 4.84 Å². The minimum atomic E-state index is 0.322. The summed E-state index contributed by atoms with van der Waals surface area (Å²) < 4.78 is 0. The van der Waals surface area contributed by atoms with E-state index < -0.39 is 0 Å². The van der Waals surface area contributed by atoms with E-state index in [1.165, 1.54) is 0 Å². The standard InChI is InChI=1S/C9H17NO/c1-5-8(4)6-9(11-10)7(2)3/h6-7H,4-5,10H2,1-3H3/b9-6-. The Morgan fingerprint density at radius 3 is 2.45 bits per heavy atom. The van der Waals surface area contributed by atoms with E-state index >= 15 is 0 Å². The van der Waals surface area contributed by atoms with Crippen molar-refractivity contribution in [1.29, 1.82) is 0 Å². The van der Waals surface area contributed by atoms with Crippen molar-refractivity contribution in [2.24, 2.45) is 11.8 Å². The van der Waals surface area contributed by atoms with E-state index in [9.17, 15) is 0 Å². The van der Waals surface area contributed by atoms with Crippen molar-refractivity contribution in [3.05, 3.63) is 24.0 Å². The zero-order chi connectivity index (χ0) is 8.85. The number of nitrogens with two attached hydrogens (primary N) is 1. The highest BCUT2D eigenvalue weighted by Gasteiger charge is 2.02. The van der Waals surface area contributed by atoms with Gasteiger partial charge in [-0.15, -0.1) is 0 Å². The van der Waals surface area contributed by atoms with Gasteiger partial charge >= 0.3 is 0 Å². The Morgan fingerprint density at radius 1 is 1.64 bits per heavy atom. The first-order valence-corrected chi connectivity index (χ1v) is 3.87. The summed E-state index contributed by atoms with van der Waals surface area (Å²) in [6.45, 7) is 9.94. The summed E-state index contributed by atoms with van der Waals surface area (Å²) in [6, 6.07) is 0. The summed E-state index contributed by atoms with van der Waals surface area (Å²) in [5.41, 5.74) is 1.04. The van der Waals surface area contributed by atoms with Crippen LogP contribution in [0.25, 0.3) is 0 Å². The smallest absolute Gasteiger partial charge is 0.126 e. The molecule has 0 bridgehead atoms. The summed E-state index contributed by atoms with van der Waals surface area (Å²) in [7, 11) is 0. The van der Waals surface area contributed by atoms with Crippen molar-refractivity contribution >= 4 is 0 Å². The van der Waals surface area contributed by atoms with Gasteiger partial charge in [-0.2, -0.15) is 5.90 Å². The molecule has 0 rings (SSSR count). The van der Waals surface area contributed by atoms with Gasteiger partial charge in [0.15, 0.2) is 0 Å². The van der Waals surface area contributed by atoms with E-state index in [2.05, 4.69) is 11.4 Å². The Morgan fingerprint density at radius 2 is 2.18 bits per heavy atom. The first kappa shape index (κ1) is 10.2. The normalized spacial score (nSPS) is 11.9. The number of hydrogen-bond donors (Lipinski definition) is 1. The molecule has 0 fully saturated rings. The minimum absolute atomic E-state index is 0.322. The van der Waals surface area contributed by atoms with Gasteiger partial charge in [-0.3, -0.25) is 0 Å². The SMILES string of the molecule is C=C(/C=C(\ON)C(C)C)CC. The Balaban J connectivity index is 4.23. The van der Waals surface area contributed by atoms with Gasteiger partial charge in [0.2, 0.25) is 0 Å². The summed E-state index contributed by atoms with van der Waals surface area (Å²) in [5.74, 6) is 6.18. The van der Waals surface area contributed by atoms with E-state index in [0.29, 0.717) is 5.92 Å². The second kappa shape index (κ2) is 4.97. The molecule has 0 saturated carbocycles. The van der Waals surface area contributed by atoms with Crippen LogP contribution in [0.4, 0.5) is 0 Å². The molecule has 0 spiro atoms. The molecule has 0 radical (unpaired) electrons. The molecule has 0 aromatic carbocycles. The Hall–Kier alpha value is -0.760. The Kier molecular flexibility index (Phi) is 4.62. The Labute approximate surface area is 68.7 Å². The van der Waals surface area contributed by atoms with Crippen molar-refractivity contribution in [2.45, 2.75) is 27.2 Å². The summed E-state index contributed by atoms with van der Waals surface area (Å²) in [4.78, 5) is 4.68. The molecule has 2 heteroatoms. The molecule has 2 nitrogen and oxygen atoms in total. The van der Waals surface area contributed by atoms with Crippen molar-refractivity contribution < 1.29 is 4.84 Å². The van der Waals surface area contributed by atoms with Crippen LogP contribution in [0.2, 0.25) is 0 Å². The average Bonchev–Trinajstić information content (AvgIpc) is 1.99. The molecule has 0 aromatic heterocycles. The van der Waals surface area contributed by atoms with Crippen LogP contribution >= 0.6 is 0 Å². The quantitative estimate of drug-likeness (QED) is 0.384. The van der Waals surface area contributed by atoms with E-state index in [0.717, 1.165) is 17.8 Å². The third kappa shape index (κ3) is 3.83. The van der Waals surface area contributed by atoms with E-state index in [-0.39, 0.29) is 0 Å². The number of rotatable bonds is 4. The molecule has 0 aliphatic carbocycles. The van der Waals surface area contributed by atoms with Crippen LogP contribution in [0.1, 0.15) is 27.2 Å². The van der Waals surface area contributed by atoms with Crippen molar-refractivity contribution in [3.63, 3.8) is 0 Å². The Bertz CT molecular complexity index is 159. The predicted molar refractivity (Wildman–Crippen MR) is 47.6 cm³/mol. The fourth-order valence-electron chi connectivity index (χ4n) is 0.640. The van der Waals surface area contributed by atoms with E-state index in [1.54, 1.807) is 0 Å². The first-order chi connectivity index (χ1) is 5.11. The average molecular weight is 155 g/mol. The van der Waals surface area contributed by atoms with Gasteiger partial charge in [-0.1, -0.05) is 32.9 Å². The summed E-state index contributed by atoms with van der Waals surface area (Å²) in [5, 5.41) is 0. The topological polar surface area (TPSA) is 35.2 Å². The highest BCUT2D eigenvalue weighted by atomic mass is 16.6. The highest BCUT2D eigenvalue weighted by molar-refractivity contribution is 5.17. The van der Waals surface area contributed by atoms with Gasteiger partial charge in [0.05, 0.1) is 0 Å². The van der Waals surface area contributed by atoms with Gasteiger partial charge in [0.25, 0.3) is 0 Å². The summed E-state index contributed by atoms with van der Waals surface area (Å²) in [6.07, 6.45) is 2.82. The maximum Gasteiger partial charge on any atom is 0.126 e.